The number of rotatable bonds is 6. The average Bonchev–Trinajstić information content (AvgIpc) is 2.74. The number of carbonyl (C=O) groups is 1. The summed E-state index contributed by atoms with van der Waals surface area (Å²) in [5.74, 6) is 0.437. The molecule has 7 nitrogen and oxygen atoms in total. The third-order valence-corrected chi connectivity index (χ3v) is 2.02. The van der Waals surface area contributed by atoms with E-state index in [9.17, 15) is 4.79 Å². The molecule has 0 unspecified atom stereocenters. The summed E-state index contributed by atoms with van der Waals surface area (Å²) in [6.07, 6.45) is 0. The van der Waals surface area contributed by atoms with Crippen LogP contribution >= 0.6 is 0 Å². The molecule has 1 amide bonds. The van der Waals surface area contributed by atoms with Gasteiger partial charge in [-0.1, -0.05) is 5.11 Å². The number of azide groups is 1. The van der Waals surface area contributed by atoms with Gasteiger partial charge in [0, 0.05) is 18.0 Å². The van der Waals surface area contributed by atoms with Crippen molar-refractivity contribution >= 4 is 5.91 Å². The summed E-state index contributed by atoms with van der Waals surface area (Å²) < 4.78 is 5.21. The van der Waals surface area contributed by atoms with E-state index in [1.54, 1.807) is 12.1 Å². The molecule has 1 rings (SSSR count). The van der Waals surface area contributed by atoms with Gasteiger partial charge in [-0.15, -0.1) is 0 Å². The van der Waals surface area contributed by atoms with Crippen LogP contribution in [0.4, 0.5) is 0 Å². The maximum absolute atomic E-state index is 11.6. The number of hydrogen-bond acceptors (Lipinski definition) is 4. The highest BCUT2D eigenvalue weighted by Gasteiger charge is 2.09. The molecule has 0 aliphatic carbocycles. The van der Waals surface area contributed by atoms with Gasteiger partial charge in [0.2, 0.25) is 0 Å². The fourth-order valence-corrected chi connectivity index (χ4v) is 1.17. The Morgan fingerprint density at radius 3 is 3.00 bits per heavy atom. The first-order chi connectivity index (χ1) is 8.13. The van der Waals surface area contributed by atoms with Crippen molar-refractivity contribution in [2.75, 3.05) is 27.2 Å². The zero-order valence-electron chi connectivity index (χ0n) is 9.88. The number of furan rings is 1. The maximum Gasteiger partial charge on any atom is 0.287 e. The Hall–Kier alpha value is -1.98. The number of nitrogens with zero attached hydrogens (tertiary/aromatic N) is 4. The van der Waals surface area contributed by atoms with Crippen LogP contribution in [0, 0.1) is 0 Å². The van der Waals surface area contributed by atoms with Crippen LogP contribution in [-0.2, 0) is 6.54 Å². The molecule has 0 saturated carbocycles. The lowest BCUT2D eigenvalue weighted by Gasteiger charge is -2.09. The van der Waals surface area contributed by atoms with Crippen LogP contribution in [0.5, 0.6) is 0 Å². The van der Waals surface area contributed by atoms with Crippen molar-refractivity contribution in [3.05, 3.63) is 34.1 Å². The van der Waals surface area contributed by atoms with E-state index in [0.29, 0.717) is 12.3 Å². The first-order valence-corrected chi connectivity index (χ1v) is 5.16. The van der Waals surface area contributed by atoms with Crippen LogP contribution in [0.2, 0.25) is 0 Å². The molecule has 1 N–H and O–H groups in total. The Kier molecular flexibility index (Phi) is 5.06. The molecule has 1 aromatic rings. The van der Waals surface area contributed by atoms with Crippen LogP contribution in [-0.4, -0.2) is 38.0 Å². The molecule has 0 radical (unpaired) electrons. The highest BCUT2D eigenvalue weighted by molar-refractivity contribution is 5.91. The van der Waals surface area contributed by atoms with Gasteiger partial charge in [-0.3, -0.25) is 4.79 Å². The van der Waals surface area contributed by atoms with Crippen molar-refractivity contribution < 1.29 is 9.21 Å². The third kappa shape index (κ3) is 4.58. The van der Waals surface area contributed by atoms with Gasteiger partial charge in [0.05, 0.1) is 6.54 Å². The summed E-state index contributed by atoms with van der Waals surface area (Å²) in [4.78, 5) is 16.2. The van der Waals surface area contributed by atoms with E-state index in [1.807, 2.05) is 19.0 Å². The molecule has 17 heavy (non-hydrogen) atoms. The molecule has 0 aliphatic rings. The SMILES string of the molecule is CN(C)CCNC(=O)c1ccc(CN=[N+]=[N-])o1. The minimum Gasteiger partial charge on any atom is -0.456 e. The molecule has 0 aliphatic heterocycles. The topological polar surface area (TPSA) is 94.2 Å². The van der Waals surface area contributed by atoms with Crippen LogP contribution in [0.3, 0.4) is 0 Å². The van der Waals surface area contributed by atoms with Gasteiger partial charge in [0.15, 0.2) is 5.76 Å². The summed E-state index contributed by atoms with van der Waals surface area (Å²) in [5.41, 5.74) is 8.14. The van der Waals surface area contributed by atoms with Crippen molar-refractivity contribution in [1.82, 2.24) is 10.2 Å². The molecule has 1 aromatic heterocycles. The second kappa shape index (κ2) is 6.57. The Labute approximate surface area is 99.0 Å². The fraction of sp³-hybridized carbons (Fsp3) is 0.500. The molecule has 0 fully saturated rings. The molecular weight excluding hydrogens is 222 g/mol. The van der Waals surface area contributed by atoms with E-state index in [4.69, 9.17) is 9.95 Å². The van der Waals surface area contributed by atoms with Gasteiger partial charge in [0.1, 0.15) is 5.76 Å². The Morgan fingerprint density at radius 2 is 2.35 bits per heavy atom. The van der Waals surface area contributed by atoms with E-state index < -0.39 is 0 Å². The number of carbonyl (C=O) groups excluding carboxylic acids is 1. The van der Waals surface area contributed by atoms with Crippen molar-refractivity contribution in [3.63, 3.8) is 0 Å². The third-order valence-electron chi connectivity index (χ3n) is 2.02. The minimum atomic E-state index is -0.265. The second-order valence-electron chi connectivity index (χ2n) is 3.71. The first-order valence-electron chi connectivity index (χ1n) is 5.16. The predicted molar refractivity (Wildman–Crippen MR) is 62.4 cm³/mol. The van der Waals surface area contributed by atoms with Crippen LogP contribution in [0.15, 0.2) is 21.7 Å². The van der Waals surface area contributed by atoms with E-state index in [0.717, 1.165) is 6.54 Å². The minimum absolute atomic E-state index is 0.113. The normalized spacial score (nSPS) is 10.1. The molecule has 0 atom stereocenters. The van der Waals surface area contributed by atoms with Crippen LogP contribution in [0.1, 0.15) is 16.3 Å². The van der Waals surface area contributed by atoms with Gasteiger partial charge in [0.25, 0.3) is 5.91 Å². The molecule has 0 bridgehead atoms. The Balaban J connectivity index is 2.46. The standard InChI is InChI=1S/C10H15N5O2/c1-15(2)6-5-12-10(16)9-4-3-8(17-9)7-13-14-11/h3-4H,5-7H2,1-2H3,(H,12,16). The number of amides is 1. The highest BCUT2D eigenvalue weighted by Crippen LogP contribution is 2.08. The van der Waals surface area contributed by atoms with E-state index in [-0.39, 0.29) is 18.2 Å². The number of likely N-dealkylation sites (N-methyl/N-ethyl adjacent to an activating group) is 1. The van der Waals surface area contributed by atoms with Crippen molar-refractivity contribution in [3.8, 4) is 0 Å². The molecular formula is C10H15N5O2. The van der Waals surface area contributed by atoms with Crippen molar-refractivity contribution in [2.24, 2.45) is 5.11 Å². The summed E-state index contributed by atoms with van der Waals surface area (Å²) in [7, 11) is 3.86. The monoisotopic (exact) mass is 237 g/mol. The lowest BCUT2D eigenvalue weighted by molar-refractivity contribution is 0.0921. The summed E-state index contributed by atoms with van der Waals surface area (Å²) in [6, 6.07) is 3.18. The quantitative estimate of drug-likeness (QED) is 0.460. The summed E-state index contributed by atoms with van der Waals surface area (Å²) in [6.45, 7) is 1.43. The second-order valence-corrected chi connectivity index (χ2v) is 3.71. The van der Waals surface area contributed by atoms with Crippen LogP contribution in [0.25, 0.3) is 10.4 Å². The van der Waals surface area contributed by atoms with Gasteiger partial charge in [-0.25, -0.2) is 0 Å². The largest absolute Gasteiger partial charge is 0.456 e. The number of hydrogen-bond donors (Lipinski definition) is 1. The fourth-order valence-electron chi connectivity index (χ4n) is 1.17. The van der Waals surface area contributed by atoms with Gasteiger partial charge < -0.3 is 14.6 Å². The van der Waals surface area contributed by atoms with Crippen molar-refractivity contribution in [1.29, 1.82) is 0 Å². The molecule has 92 valence electrons. The molecule has 0 saturated heterocycles. The molecule has 7 heteroatoms. The lowest BCUT2D eigenvalue weighted by atomic mass is 10.4. The Morgan fingerprint density at radius 1 is 1.59 bits per heavy atom. The van der Waals surface area contributed by atoms with Crippen LogP contribution < -0.4 is 5.32 Å². The van der Waals surface area contributed by atoms with Crippen molar-refractivity contribution in [2.45, 2.75) is 6.54 Å². The lowest BCUT2D eigenvalue weighted by Crippen LogP contribution is -2.31. The Bertz CT molecular complexity index is 420. The summed E-state index contributed by atoms with van der Waals surface area (Å²) in [5, 5.41) is 6.07. The van der Waals surface area contributed by atoms with Gasteiger partial charge in [-0.05, 0) is 31.8 Å². The van der Waals surface area contributed by atoms with Gasteiger partial charge >= 0.3 is 0 Å². The zero-order chi connectivity index (χ0) is 12.7. The van der Waals surface area contributed by atoms with E-state index in [1.165, 1.54) is 0 Å². The van der Waals surface area contributed by atoms with Gasteiger partial charge in [-0.2, -0.15) is 0 Å². The smallest absolute Gasteiger partial charge is 0.287 e. The molecule has 0 aromatic carbocycles. The first kappa shape index (κ1) is 13.1. The highest BCUT2D eigenvalue weighted by atomic mass is 16.4. The maximum atomic E-state index is 11.6. The average molecular weight is 237 g/mol. The number of nitrogens with one attached hydrogen (secondary N) is 1. The van der Waals surface area contributed by atoms with E-state index >= 15 is 0 Å². The summed E-state index contributed by atoms with van der Waals surface area (Å²) >= 11 is 0. The molecule has 1 heterocycles. The zero-order valence-corrected chi connectivity index (χ0v) is 9.88. The van der Waals surface area contributed by atoms with E-state index in [2.05, 4.69) is 15.3 Å². The molecule has 0 spiro atoms. The predicted octanol–water partition coefficient (Wildman–Crippen LogP) is 1.38.